The van der Waals surface area contributed by atoms with Crippen molar-refractivity contribution >= 4 is 11.6 Å². The summed E-state index contributed by atoms with van der Waals surface area (Å²) < 4.78 is 0. The average molecular weight is 329 g/mol. The van der Waals surface area contributed by atoms with Crippen LogP contribution in [0.25, 0.3) is 0 Å². The van der Waals surface area contributed by atoms with E-state index < -0.39 is 0 Å². The third kappa shape index (κ3) is 4.29. The first kappa shape index (κ1) is 17.3. The molecule has 0 radical (unpaired) electrons. The lowest BCUT2D eigenvalue weighted by Gasteiger charge is -2.27. The highest BCUT2D eigenvalue weighted by molar-refractivity contribution is 5.78. The standard InChI is InChI=1S/C20H31N3O/c1-16(2)19-9-6-11-23(19)15-20(24)21-13-17-10-12-22(14-17)18-7-4-3-5-8-18/h3-5,7-8,16-17,19H,6,9-15H2,1-2H3,(H,21,24)/t17-,19-/m1/s1. The lowest BCUT2D eigenvalue weighted by molar-refractivity contribution is -0.122. The molecule has 0 aromatic heterocycles. The number of likely N-dealkylation sites (tertiary alicyclic amines) is 1. The Morgan fingerprint density at radius 1 is 1.21 bits per heavy atom. The molecule has 0 saturated carbocycles. The minimum atomic E-state index is 0.195. The fourth-order valence-corrected chi connectivity index (χ4v) is 4.17. The molecule has 1 N–H and O–H groups in total. The molecule has 4 nitrogen and oxygen atoms in total. The van der Waals surface area contributed by atoms with Gasteiger partial charge in [0.15, 0.2) is 0 Å². The van der Waals surface area contributed by atoms with Crippen LogP contribution < -0.4 is 10.2 Å². The van der Waals surface area contributed by atoms with E-state index in [0.29, 0.717) is 24.4 Å². The quantitative estimate of drug-likeness (QED) is 0.872. The molecular formula is C20H31N3O. The Bertz CT molecular complexity index is 531. The van der Waals surface area contributed by atoms with Crippen LogP contribution in [0.1, 0.15) is 33.1 Å². The van der Waals surface area contributed by atoms with Crippen LogP contribution in [0.15, 0.2) is 30.3 Å². The summed E-state index contributed by atoms with van der Waals surface area (Å²) in [5.74, 6) is 1.39. The largest absolute Gasteiger partial charge is 0.371 e. The van der Waals surface area contributed by atoms with E-state index in [9.17, 15) is 4.79 Å². The zero-order chi connectivity index (χ0) is 16.9. The first-order valence-corrected chi connectivity index (χ1v) is 9.44. The van der Waals surface area contributed by atoms with Crippen molar-refractivity contribution in [3.63, 3.8) is 0 Å². The molecule has 2 heterocycles. The van der Waals surface area contributed by atoms with E-state index in [1.165, 1.54) is 18.5 Å². The van der Waals surface area contributed by atoms with E-state index in [1.54, 1.807) is 0 Å². The maximum absolute atomic E-state index is 12.3. The van der Waals surface area contributed by atoms with Crippen molar-refractivity contribution in [1.82, 2.24) is 10.2 Å². The number of hydrogen-bond donors (Lipinski definition) is 1. The summed E-state index contributed by atoms with van der Waals surface area (Å²) in [5.41, 5.74) is 1.29. The second-order valence-electron chi connectivity index (χ2n) is 7.66. The summed E-state index contributed by atoms with van der Waals surface area (Å²) in [6.45, 7) is 9.10. The number of carbonyl (C=O) groups is 1. The maximum Gasteiger partial charge on any atom is 0.234 e. The summed E-state index contributed by atoms with van der Waals surface area (Å²) >= 11 is 0. The predicted molar refractivity (Wildman–Crippen MR) is 99.2 cm³/mol. The average Bonchev–Trinajstić information content (AvgIpc) is 3.23. The lowest BCUT2D eigenvalue weighted by atomic mass is 10.0. The molecule has 2 atom stereocenters. The van der Waals surface area contributed by atoms with Gasteiger partial charge in [-0.3, -0.25) is 9.69 Å². The first-order chi connectivity index (χ1) is 11.6. The Morgan fingerprint density at radius 3 is 2.75 bits per heavy atom. The summed E-state index contributed by atoms with van der Waals surface area (Å²) in [5, 5.41) is 3.18. The predicted octanol–water partition coefficient (Wildman–Crippen LogP) is 2.75. The minimum absolute atomic E-state index is 0.195. The Labute approximate surface area is 146 Å². The van der Waals surface area contributed by atoms with Gasteiger partial charge in [0, 0.05) is 31.4 Å². The van der Waals surface area contributed by atoms with Crippen LogP contribution in [0.2, 0.25) is 0 Å². The van der Waals surface area contributed by atoms with Crippen LogP contribution in [0.3, 0.4) is 0 Å². The monoisotopic (exact) mass is 329 g/mol. The normalized spacial score (nSPS) is 24.7. The van der Waals surface area contributed by atoms with Crippen molar-refractivity contribution in [3.8, 4) is 0 Å². The van der Waals surface area contributed by atoms with Gasteiger partial charge in [0.1, 0.15) is 0 Å². The maximum atomic E-state index is 12.3. The molecule has 2 aliphatic heterocycles. The summed E-state index contributed by atoms with van der Waals surface area (Å²) in [4.78, 5) is 17.1. The number of rotatable bonds is 6. The molecule has 132 valence electrons. The first-order valence-electron chi connectivity index (χ1n) is 9.44. The third-order valence-electron chi connectivity index (χ3n) is 5.53. The Kier molecular flexibility index (Phi) is 5.77. The number of hydrogen-bond acceptors (Lipinski definition) is 3. The van der Waals surface area contributed by atoms with Gasteiger partial charge in [0.05, 0.1) is 6.54 Å². The minimum Gasteiger partial charge on any atom is -0.371 e. The van der Waals surface area contributed by atoms with E-state index in [0.717, 1.165) is 32.6 Å². The van der Waals surface area contributed by atoms with Crippen LogP contribution in [-0.4, -0.2) is 49.6 Å². The molecule has 2 aliphatic rings. The molecular weight excluding hydrogens is 298 g/mol. The second kappa shape index (κ2) is 8.02. The van der Waals surface area contributed by atoms with Crippen molar-refractivity contribution in [2.75, 3.05) is 37.6 Å². The molecule has 0 unspecified atom stereocenters. The molecule has 1 aromatic rings. The number of benzene rings is 1. The van der Waals surface area contributed by atoms with E-state index in [1.807, 2.05) is 0 Å². The van der Waals surface area contributed by atoms with Gasteiger partial charge in [-0.05, 0) is 49.8 Å². The highest BCUT2D eigenvalue weighted by Gasteiger charge is 2.29. The molecule has 24 heavy (non-hydrogen) atoms. The van der Waals surface area contributed by atoms with Gasteiger partial charge in [-0.2, -0.15) is 0 Å². The van der Waals surface area contributed by atoms with Gasteiger partial charge in [-0.15, -0.1) is 0 Å². The van der Waals surface area contributed by atoms with E-state index in [4.69, 9.17) is 0 Å². The van der Waals surface area contributed by atoms with Crippen molar-refractivity contribution in [3.05, 3.63) is 30.3 Å². The summed E-state index contributed by atoms with van der Waals surface area (Å²) in [6.07, 6.45) is 3.62. The van der Waals surface area contributed by atoms with E-state index in [2.05, 4.69) is 59.3 Å². The Balaban J connectivity index is 1.41. The summed E-state index contributed by atoms with van der Waals surface area (Å²) in [7, 11) is 0. The zero-order valence-electron chi connectivity index (χ0n) is 15.1. The Hall–Kier alpha value is -1.55. The van der Waals surface area contributed by atoms with Crippen molar-refractivity contribution in [2.45, 2.75) is 39.2 Å². The number of amides is 1. The van der Waals surface area contributed by atoms with Crippen molar-refractivity contribution in [1.29, 1.82) is 0 Å². The van der Waals surface area contributed by atoms with Crippen molar-refractivity contribution in [2.24, 2.45) is 11.8 Å². The van der Waals surface area contributed by atoms with E-state index >= 15 is 0 Å². The number of carbonyl (C=O) groups excluding carboxylic acids is 1. The molecule has 3 rings (SSSR count). The van der Waals surface area contributed by atoms with E-state index in [-0.39, 0.29) is 5.91 Å². The van der Waals surface area contributed by atoms with Gasteiger partial charge in [0.2, 0.25) is 5.91 Å². The van der Waals surface area contributed by atoms with Crippen LogP contribution in [0, 0.1) is 11.8 Å². The molecule has 2 fully saturated rings. The van der Waals surface area contributed by atoms with Gasteiger partial charge < -0.3 is 10.2 Å². The van der Waals surface area contributed by atoms with Gasteiger partial charge in [0.25, 0.3) is 0 Å². The molecule has 4 heteroatoms. The lowest BCUT2D eigenvalue weighted by Crippen LogP contribution is -2.43. The van der Waals surface area contributed by atoms with Gasteiger partial charge >= 0.3 is 0 Å². The highest BCUT2D eigenvalue weighted by Crippen LogP contribution is 2.24. The SMILES string of the molecule is CC(C)[C@H]1CCCN1CC(=O)NC[C@H]1CCN(c2ccccc2)C1. The smallest absolute Gasteiger partial charge is 0.234 e. The molecule has 0 aliphatic carbocycles. The highest BCUT2D eigenvalue weighted by atomic mass is 16.2. The third-order valence-corrected chi connectivity index (χ3v) is 5.53. The Morgan fingerprint density at radius 2 is 2.00 bits per heavy atom. The van der Waals surface area contributed by atoms with Gasteiger partial charge in [-0.1, -0.05) is 32.0 Å². The number of anilines is 1. The number of nitrogens with zero attached hydrogens (tertiary/aromatic N) is 2. The number of nitrogens with one attached hydrogen (secondary N) is 1. The fourth-order valence-electron chi connectivity index (χ4n) is 4.17. The molecule has 1 amide bonds. The second-order valence-corrected chi connectivity index (χ2v) is 7.66. The van der Waals surface area contributed by atoms with Gasteiger partial charge in [-0.25, -0.2) is 0 Å². The zero-order valence-corrected chi connectivity index (χ0v) is 15.1. The topological polar surface area (TPSA) is 35.6 Å². The molecule has 0 bridgehead atoms. The van der Waals surface area contributed by atoms with Crippen molar-refractivity contribution < 1.29 is 4.79 Å². The summed E-state index contributed by atoms with van der Waals surface area (Å²) in [6, 6.07) is 11.1. The van der Waals surface area contributed by atoms with Crippen LogP contribution in [0.4, 0.5) is 5.69 Å². The number of para-hydroxylation sites is 1. The molecule has 2 saturated heterocycles. The molecule has 1 aromatic carbocycles. The van der Waals surface area contributed by atoms with Crippen LogP contribution in [-0.2, 0) is 4.79 Å². The molecule has 0 spiro atoms. The van der Waals surface area contributed by atoms with Crippen LogP contribution >= 0.6 is 0 Å². The van der Waals surface area contributed by atoms with Crippen LogP contribution in [0.5, 0.6) is 0 Å². The fraction of sp³-hybridized carbons (Fsp3) is 0.650.